The topological polar surface area (TPSA) is 109 Å². The molecule has 1 aliphatic rings. The minimum atomic E-state index is -1.07. The summed E-state index contributed by atoms with van der Waals surface area (Å²) in [7, 11) is 1.74. The smallest absolute Gasteiger partial charge is 0.356 e. The number of H-pyrrole nitrogens is 1. The van der Waals surface area contributed by atoms with Crippen molar-refractivity contribution in [2.75, 3.05) is 6.54 Å². The third-order valence-corrected chi connectivity index (χ3v) is 5.00. The number of hydrogen-bond acceptors (Lipinski definition) is 4. The van der Waals surface area contributed by atoms with Gasteiger partial charge in [-0.1, -0.05) is 0 Å². The maximum Gasteiger partial charge on any atom is 0.356 e. The van der Waals surface area contributed by atoms with E-state index in [0.717, 1.165) is 11.4 Å². The van der Waals surface area contributed by atoms with Gasteiger partial charge in [0.1, 0.15) is 6.04 Å². The maximum absolute atomic E-state index is 13.3. The van der Waals surface area contributed by atoms with E-state index >= 15 is 0 Å². The predicted octanol–water partition coefficient (Wildman–Crippen LogP) is 1.01. The second-order valence-electron chi connectivity index (χ2n) is 6.64. The van der Waals surface area contributed by atoms with Crippen molar-refractivity contribution in [3.05, 3.63) is 59.7 Å². The highest BCUT2D eigenvalue weighted by molar-refractivity contribution is 5.88. The Morgan fingerprint density at radius 2 is 2.11 bits per heavy atom. The van der Waals surface area contributed by atoms with Crippen molar-refractivity contribution in [3.63, 3.8) is 0 Å². The molecular formula is C18H20N6O3. The summed E-state index contributed by atoms with van der Waals surface area (Å²) in [5.74, 6) is -1.12. The van der Waals surface area contributed by atoms with Crippen LogP contribution in [0.25, 0.3) is 0 Å². The molecule has 4 heterocycles. The Hall–Kier alpha value is -3.36. The molecule has 0 fully saturated rings. The first-order valence-electron chi connectivity index (χ1n) is 8.71. The lowest BCUT2D eigenvalue weighted by atomic mass is 10.0. The molecule has 9 nitrogen and oxygen atoms in total. The monoisotopic (exact) mass is 368 g/mol. The van der Waals surface area contributed by atoms with E-state index in [1.54, 1.807) is 29.2 Å². The van der Waals surface area contributed by atoms with Gasteiger partial charge in [-0.2, -0.15) is 5.10 Å². The van der Waals surface area contributed by atoms with Crippen molar-refractivity contribution in [1.29, 1.82) is 0 Å². The molecule has 0 spiro atoms. The molecule has 0 aromatic carbocycles. The van der Waals surface area contributed by atoms with E-state index in [2.05, 4.69) is 15.1 Å². The normalized spacial score (nSPS) is 14.8. The van der Waals surface area contributed by atoms with Gasteiger partial charge >= 0.3 is 5.97 Å². The Balaban J connectivity index is 1.62. The fourth-order valence-electron chi connectivity index (χ4n) is 3.64. The molecule has 140 valence electrons. The summed E-state index contributed by atoms with van der Waals surface area (Å²) in [6, 6.07) is 3.34. The Labute approximate surface area is 155 Å². The second-order valence-corrected chi connectivity index (χ2v) is 6.64. The molecule has 0 saturated heterocycles. The number of carbonyl (C=O) groups is 2. The highest BCUT2D eigenvalue weighted by atomic mass is 16.4. The molecule has 27 heavy (non-hydrogen) atoms. The Morgan fingerprint density at radius 3 is 2.78 bits per heavy atom. The van der Waals surface area contributed by atoms with Crippen molar-refractivity contribution in [2.45, 2.75) is 25.4 Å². The zero-order chi connectivity index (χ0) is 19.0. The van der Waals surface area contributed by atoms with Gasteiger partial charge in [-0.25, -0.2) is 9.78 Å². The molecule has 1 aliphatic heterocycles. The summed E-state index contributed by atoms with van der Waals surface area (Å²) in [5.41, 5.74) is 2.39. The van der Waals surface area contributed by atoms with Gasteiger partial charge in [0.15, 0.2) is 5.69 Å². The largest absolute Gasteiger partial charge is 0.476 e. The lowest BCUT2D eigenvalue weighted by Gasteiger charge is -2.31. The number of aromatic amines is 1. The molecular weight excluding hydrogens is 348 g/mol. The van der Waals surface area contributed by atoms with Gasteiger partial charge in [-0.05, 0) is 12.1 Å². The van der Waals surface area contributed by atoms with E-state index in [1.165, 1.54) is 0 Å². The van der Waals surface area contributed by atoms with E-state index in [-0.39, 0.29) is 18.1 Å². The number of imidazole rings is 1. The minimum Gasteiger partial charge on any atom is -0.476 e. The van der Waals surface area contributed by atoms with Crippen molar-refractivity contribution >= 4 is 11.9 Å². The highest BCUT2D eigenvalue weighted by Gasteiger charge is 2.32. The molecule has 3 aromatic heterocycles. The molecule has 0 unspecified atom stereocenters. The number of carbonyl (C=O) groups excluding carboxylic acids is 1. The quantitative estimate of drug-likeness (QED) is 0.699. The van der Waals surface area contributed by atoms with E-state index in [4.69, 9.17) is 0 Å². The van der Waals surface area contributed by atoms with E-state index in [1.807, 2.05) is 29.1 Å². The fraction of sp³-hybridized carbons (Fsp3) is 0.333. The number of aryl methyl sites for hydroxylation is 1. The van der Waals surface area contributed by atoms with Crippen LogP contribution >= 0.6 is 0 Å². The first-order chi connectivity index (χ1) is 13.0. The standard InChI is InChI=1S/C18H20N6O3/c1-22-14-4-7-24(10-13(14)16(21-22)18(26)27)17(25)15(23-5-2-3-6-23)8-12-9-19-11-20-12/h2-3,5-6,9,11,15H,4,7-8,10H2,1H3,(H,19,20)(H,26,27)/t15-/m1/s1. The number of nitrogens with zero attached hydrogens (tertiary/aromatic N) is 5. The first-order valence-corrected chi connectivity index (χ1v) is 8.71. The van der Waals surface area contributed by atoms with Crippen LogP contribution in [0.3, 0.4) is 0 Å². The van der Waals surface area contributed by atoms with Crippen LogP contribution in [0.1, 0.15) is 33.5 Å². The van der Waals surface area contributed by atoms with Gasteiger partial charge in [0.05, 0.1) is 6.33 Å². The average molecular weight is 368 g/mol. The van der Waals surface area contributed by atoms with E-state index in [0.29, 0.717) is 24.9 Å². The lowest BCUT2D eigenvalue weighted by molar-refractivity contribution is -0.135. The van der Waals surface area contributed by atoms with Gasteiger partial charge in [0, 0.05) is 68.5 Å². The molecule has 0 saturated carbocycles. The minimum absolute atomic E-state index is 0.0242. The predicted molar refractivity (Wildman–Crippen MR) is 95.0 cm³/mol. The van der Waals surface area contributed by atoms with Crippen LogP contribution in [0.4, 0.5) is 0 Å². The van der Waals surface area contributed by atoms with Crippen LogP contribution in [0.15, 0.2) is 37.1 Å². The van der Waals surface area contributed by atoms with Crippen LogP contribution < -0.4 is 0 Å². The molecule has 1 amide bonds. The van der Waals surface area contributed by atoms with Gasteiger partial charge in [-0.3, -0.25) is 9.48 Å². The number of amides is 1. The molecule has 2 N–H and O–H groups in total. The number of aromatic carboxylic acids is 1. The van der Waals surface area contributed by atoms with Crippen molar-refractivity contribution < 1.29 is 14.7 Å². The van der Waals surface area contributed by atoms with Gasteiger partial charge < -0.3 is 19.6 Å². The van der Waals surface area contributed by atoms with Gasteiger partial charge in [-0.15, -0.1) is 0 Å². The molecule has 3 aromatic rings. The SMILES string of the molecule is Cn1nc(C(=O)O)c2c1CCN(C(=O)[C@@H](Cc1cnc[nH]1)n1cccc1)C2. The fourth-order valence-corrected chi connectivity index (χ4v) is 3.64. The maximum atomic E-state index is 13.3. The third-order valence-electron chi connectivity index (χ3n) is 5.00. The van der Waals surface area contributed by atoms with Crippen LogP contribution in [-0.4, -0.2) is 52.7 Å². The number of fused-ring (bicyclic) bond motifs is 1. The number of hydrogen-bond donors (Lipinski definition) is 2. The summed E-state index contributed by atoms with van der Waals surface area (Å²) in [6.45, 7) is 0.787. The number of nitrogens with one attached hydrogen (secondary N) is 1. The summed E-state index contributed by atoms with van der Waals surface area (Å²) in [5, 5.41) is 13.5. The van der Waals surface area contributed by atoms with Crippen LogP contribution in [0.5, 0.6) is 0 Å². The molecule has 1 atom stereocenters. The molecule has 0 radical (unpaired) electrons. The van der Waals surface area contributed by atoms with Crippen molar-refractivity contribution in [3.8, 4) is 0 Å². The Bertz CT molecular complexity index is 958. The summed E-state index contributed by atoms with van der Waals surface area (Å²) >= 11 is 0. The lowest BCUT2D eigenvalue weighted by Crippen LogP contribution is -2.41. The third kappa shape index (κ3) is 3.12. The zero-order valence-corrected chi connectivity index (χ0v) is 14.9. The van der Waals surface area contributed by atoms with Gasteiger partial charge in [0.2, 0.25) is 5.91 Å². The first kappa shape index (κ1) is 17.1. The van der Waals surface area contributed by atoms with E-state index < -0.39 is 12.0 Å². The zero-order valence-electron chi connectivity index (χ0n) is 14.9. The van der Waals surface area contributed by atoms with E-state index in [9.17, 15) is 14.7 Å². The molecule has 9 heteroatoms. The Kier molecular flexibility index (Phi) is 4.27. The molecule has 4 rings (SSSR count). The summed E-state index contributed by atoms with van der Waals surface area (Å²) < 4.78 is 3.48. The Morgan fingerprint density at radius 1 is 1.33 bits per heavy atom. The number of carboxylic acid groups (broad SMARTS) is 1. The van der Waals surface area contributed by atoms with Crippen LogP contribution in [0, 0.1) is 0 Å². The summed E-state index contributed by atoms with van der Waals surface area (Å²) in [6.07, 6.45) is 8.09. The second kappa shape index (κ2) is 6.75. The number of carboxylic acids is 1. The number of rotatable bonds is 5. The summed E-state index contributed by atoms with van der Waals surface area (Å²) in [4.78, 5) is 33.6. The highest BCUT2D eigenvalue weighted by Crippen LogP contribution is 2.25. The van der Waals surface area contributed by atoms with Crippen LogP contribution in [0.2, 0.25) is 0 Å². The molecule has 0 bridgehead atoms. The van der Waals surface area contributed by atoms with Crippen LogP contribution in [-0.2, 0) is 31.2 Å². The molecule has 0 aliphatic carbocycles. The van der Waals surface area contributed by atoms with Crippen molar-refractivity contribution in [1.82, 2.24) is 29.2 Å². The number of aromatic nitrogens is 5. The van der Waals surface area contributed by atoms with Gasteiger partial charge in [0.25, 0.3) is 0 Å². The van der Waals surface area contributed by atoms with Crippen molar-refractivity contribution in [2.24, 2.45) is 7.05 Å². The average Bonchev–Trinajstić information content (AvgIpc) is 3.40.